The van der Waals surface area contributed by atoms with Gasteiger partial charge in [0, 0.05) is 16.1 Å². The molecule has 6 nitrogen and oxygen atoms in total. The quantitative estimate of drug-likeness (QED) is 0.659. The van der Waals surface area contributed by atoms with Gasteiger partial charge in [0.2, 0.25) is 5.91 Å². The lowest BCUT2D eigenvalue weighted by Gasteiger charge is -2.10. The van der Waals surface area contributed by atoms with Crippen LogP contribution in [-0.4, -0.2) is 23.9 Å². The third-order valence-corrected chi connectivity index (χ3v) is 5.75. The van der Waals surface area contributed by atoms with E-state index in [1.165, 1.54) is 23.5 Å². The number of fused-ring (bicyclic) bond motifs is 1. The Hall–Kier alpha value is -3.26. The lowest BCUT2D eigenvalue weighted by Crippen LogP contribution is -2.20. The van der Waals surface area contributed by atoms with Gasteiger partial charge < -0.3 is 10.1 Å². The van der Waals surface area contributed by atoms with Gasteiger partial charge in [0.1, 0.15) is 11.6 Å². The zero-order valence-electron chi connectivity index (χ0n) is 15.6. The van der Waals surface area contributed by atoms with Gasteiger partial charge in [-0.05, 0) is 55.3 Å². The van der Waals surface area contributed by atoms with Crippen molar-refractivity contribution in [1.29, 1.82) is 0 Å². The van der Waals surface area contributed by atoms with Crippen LogP contribution in [0.1, 0.15) is 33.3 Å². The lowest BCUT2D eigenvalue weighted by molar-refractivity contribution is -0.117. The van der Waals surface area contributed by atoms with Gasteiger partial charge in [0.25, 0.3) is 5.91 Å². The standard InChI is InChI=1S/C21H18FN3O3S/c1-28-15-7-5-12(6-8-15)19(26)25-21-24-18-16(9-10-17(18)29-21)20(27)23-14-4-2-3-13(22)11-14/h2-8,11,16H,9-10H2,1H3,(H,23,27)(H,24,25,26)/t16-/m0/s1. The summed E-state index contributed by atoms with van der Waals surface area (Å²) < 4.78 is 18.4. The second-order valence-electron chi connectivity index (χ2n) is 6.60. The first-order valence-corrected chi connectivity index (χ1v) is 9.86. The first kappa shape index (κ1) is 19.1. The van der Waals surface area contributed by atoms with Gasteiger partial charge in [0.05, 0.1) is 18.7 Å². The van der Waals surface area contributed by atoms with E-state index in [1.807, 2.05) is 0 Å². The van der Waals surface area contributed by atoms with E-state index < -0.39 is 11.7 Å². The maximum Gasteiger partial charge on any atom is 0.257 e. The number of carbonyl (C=O) groups is 2. The number of nitrogens with zero attached hydrogens (tertiary/aromatic N) is 1. The zero-order chi connectivity index (χ0) is 20.4. The van der Waals surface area contributed by atoms with Crippen LogP contribution in [0.2, 0.25) is 0 Å². The summed E-state index contributed by atoms with van der Waals surface area (Å²) in [6.07, 6.45) is 1.36. The van der Waals surface area contributed by atoms with Crippen molar-refractivity contribution in [1.82, 2.24) is 4.98 Å². The fraction of sp³-hybridized carbons (Fsp3) is 0.190. The van der Waals surface area contributed by atoms with Crippen molar-refractivity contribution in [3.8, 4) is 5.75 Å². The van der Waals surface area contributed by atoms with Crippen LogP contribution in [0, 0.1) is 5.82 Å². The minimum atomic E-state index is -0.420. The maximum absolute atomic E-state index is 13.3. The number of nitrogens with one attached hydrogen (secondary N) is 2. The number of methoxy groups -OCH3 is 1. The summed E-state index contributed by atoms with van der Waals surface area (Å²) in [7, 11) is 1.56. The highest BCUT2D eigenvalue weighted by atomic mass is 32.1. The molecule has 1 aliphatic carbocycles. The average Bonchev–Trinajstić information content (AvgIpc) is 3.28. The molecule has 1 aromatic heterocycles. The smallest absolute Gasteiger partial charge is 0.257 e. The predicted octanol–water partition coefficient (Wildman–Crippen LogP) is 4.21. The van der Waals surface area contributed by atoms with E-state index in [9.17, 15) is 14.0 Å². The van der Waals surface area contributed by atoms with Crippen LogP contribution in [0.5, 0.6) is 5.75 Å². The summed E-state index contributed by atoms with van der Waals surface area (Å²) in [5.41, 5.74) is 1.57. The van der Waals surface area contributed by atoms with E-state index in [1.54, 1.807) is 43.5 Å². The minimum Gasteiger partial charge on any atom is -0.497 e. The van der Waals surface area contributed by atoms with E-state index in [0.29, 0.717) is 40.7 Å². The number of aryl methyl sites for hydroxylation is 1. The molecule has 1 heterocycles. The first-order chi connectivity index (χ1) is 14.0. The van der Waals surface area contributed by atoms with Crippen molar-refractivity contribution in [3.63, 3.8) is 0 Å². The third-order valence-electron chi connectivity index (χ3n) is 4.70. The molecule has 0 spiro atoms. The number of anilines is 2. The minimum absolute atomic E-state index is 0.229. The molecule has 148 valence electrons. The molecule has 3 aromatic rings. The second kappa shape index (κ2) is 8.00. The highest BCUT2D eigenvalue weighted by Gasteiger charge is 2.33. The van der Waals surface area contributed by atoms with E-state index >= 15 is 0 Å². The number of hydrogen-bond donors (Lipinski definition) is 2. The molecule has 0 saturated heterocycles. The SMILES string of the molecule is COc1ccc(C(=O)Nc2nc3c(s2)CC[C@@H]3C(=O)Nc2cccc(F)c2)cc1. The molecule has 2 N–H and O–H groups in total. The molecule has 29 heavy (non-hydrogen) atoms. The van der Waals surface area contributed by atoms with Crippen LogP contribution in [0.3, 0.4) is 0 Å². The molecule has 4 rings (SSSR count). The molecule has 0 unspecified atom stereocenters. The number of amides is 2. The summed E-state index contributed by atoms with van der Waals surface area (Å²) in [4.78, 5) is 30.5. The van der Waals surface area contributed by atoms with Crippen LogP contribution < -0.4 is 15.4 Å². The number of halogens is 1. The highest BCUT2D eigenvalue weighted by molar-refractivity contribution is 7.16. The fourth-order valence-electron chi connectivity index (χ4n) is 3.24. The van der Waals surface area contributed by atoms with Crippen LogP contribution in [-0.2, 0) is 11.2 Å². The molecule has 2 amide bonds. The van der Waals surface area contributed by atoms with Crippen molar-refractivity contribution >= 4 is 34.0 Å². The Labute approximate surface area is 170 Å². The van der Waals surface area contributed by atoms with Gasteiger partial charge >= 0.3 is 0 Å². The number of thiazole rings is 1. The molecule has 0 bridgehead atoms. The maximum atomic E-state index is 13.3. The van der Waals surface area contributed by atoms with Gasteiger partial charge in [-0.3, -0.25) is 14.9 Å². The Kier molecular flexibility index (Phi) is 5.26. The molecule has 8 heteroatoms. The van der Waals surface area contributed by atoms with Crippen LogP contribution in [0.4, 0.5) is 15.2 Å². The second-order valence-corrected chi connectivity index (χ2v) is 7.68. The molecule has 0 radical (unpaired) electrons. The van der Waals surface area contributed by atoms with Crippen molar-refractivity contribution in [3.05, 3.63) is 70.5 Å². The Bertz CT molecular complexity index is 1070. The summed E-state index contributed by atoms with van der Waals surface area (Å²) in [5, 5.41) is 5.98. The zero-order valence-corrected chi connectivity index (χ0v) is 16.4. The molecule has 0 aliphatic heterocycles. The number of ether oxygens (including phenoxy) is 1. The van der Waals surface area contributed by atoms with Gasteiger partial charge in [-0.25, -0.2) is 9.37 Å². The molecule has 2 aromatic carbocycles. The summed E-state index contributed by atoms with van der Waals surface area (Å²) >= 11 is 1.37. The predicted molar refractivity (Wildman–Crippen MR) is 109 cm³/mol. The highest BCUT2D eigenvalue weighted by Crippen LogP contribution is 2.39. The monoisotopic (exact) mass is 411 g/mol. The number of aromatic nitrogens is 1. The van der Waals surface area contributed by atoms with Gasteiger partial charge in [-0.1, -0.05) is 6.07 Å². The Morgan fingerprint density at radius 1 is 1.17 bits per heavy atom. The summed E-state index contributed by atoms with van der Waals surface area (Å²) in [6, 6.07) is 12.5. The summed E-state index contributed by atoms with van der Waals surface area (Å²) in [6.45, 7) is 0. The third kappa shape index (κ3) is 4.12. The topological polar surface area (TPSA) is 80.3 Å². The van der Waals surface area contributed by atoms with Crippen molar-refractivity contribution in [2.75, 3.05) is 17.7 Å². The molecule has 0 saturated carbocycles. The Balaban J connectivity index is 1.45. The van der Waals surface area contributed by atoms with Crippen molar-refractivity contribution in [2.45, 2.75) is 18.8 Å². The van der Waals surface area contributed by atoms with Crippen LogP contribution >= 0.6 is 11.3 Å². The van der Waals surface area contributed by atoms with Gasteiger partial charge in [0.15, 0.2) is 5.13 Å². The Morgan fingerprint density at radius 2 is 1.97 bits per heavy atom. The molecule has 0 fully saturated rings. The number of carbonyl (C=O) groups excluding carboxylic acids is 2. The Morgan fingerprint density at radius 3 is 2.69 bits per heavy atom. The van der Waals surface area contributed by atoms with E-state index in [2.05, 4.69) is 15.6 Å². The van der Waals surface area contributed by atoms with Crippen molar-refractivity contribution < 1.29 is 18.7 Å². The lowest BCUT2D eigenvalue weighted by atomic mass is 10.1. The van der Waals surface area contributed by atoms with Crippen molar-refractivity contribution in [2.24, 2.45) is 0 Å². The largest absolute Gasteiger partial charge is 0.497 e. The molecule has 1 atom stereocenters. The first-order valence-electron chi connectivity index (χ1n) is 9.05. The number of rotatable bonds is 5. The van der Waals surface area contributed by atoms with E-state index in [4.69, 9.17) is 4.74 Å². The molecular weight excluding hydrogens is 393 g/mol. The van der Waals surface area contributed by atoms with Crippen LogP contribution in [0.25, 0.3) is 0 Å². The van der Waals surface area contributed by atoms with Crippen LogP contribution in [0.15, 0.2) is 48.5 Å². The van der Waals surface area contributed by atoms with E-state index in [-0.39, 0.29) is 11.8 Å². The number of benzene rings is 2. The average molecular weight is 411 g/mol. The molecular formula is C21H18FN3O3S. The normalized spacial score (nSPS) is 14.9. The fourth-order valence-corrected chi connectivity index (χ4v) is 4.28. The van der Waals surface area contributed by atoms with Gasteiger partial charge in [-0.15, -0.1) is 11.3 Å². The molecule has 1 aliphatic rings. The number of hydrogen-bond acceptors (Lipinski definition) is 5. The van der Waals surface area contributed by atoms with Gasteiger partial charge in [-0.2, -0.15) is 0 Å². The summed E-state index contributed by atoms with van der Waals surface area (Å²) in [5.74, 6) is -0.668. The van der Waals surface area contributed by atoms with E-state index in [0.717, 1.165) is 4.88 Å².